The predicted molar refractivity (Wildman–Crippen MR) is 82.5 cm³/mol. The van der Waals surface area contributed by atoms with Crippen molar-refractivity contribution in [1.82, 2.24) is 9.80 Å². The number of carbonyl (C=O) groups excluding carboxylic acids is 1. The molecular weight excluding hydrogens is 284 g/mol. The van der Waals surface area contributed by atoms with Gasteiger partial charge in [0, 0.05) is 37.8 Å². The maximum Gasteiger partial charge on any atom is 0.289 e. The molecule has 0 spiro atoms. The molecule has 0 aromatic carbocycles. The lowest BCUT2D eigenvalue weighted by atomic mass is 10.0. The number of hydrogen-bond donors (Lipinski definition) is 0. The van der Waals surface area contributed by atoms with Crippen LogP contribution in [0.25, 0.3) is 11.1 Å². The standard InChI is InChI=1S/C16H18N2O2S/c19-16(18-7-6-17-4-1-14(18)2-5-17)15-9-13(10-20-15)12-3-8-21-11-12/h3,8-11,14H,1-2,4-7H2. The minimum atomic E-state index is 0.0465. The molecule has 2 bridgehead atoms. The second-order valence-corrected chi connectivity index (χ2v) is 6.56. The molecule has 3 fully saturated rings. The topological polar surface area (TPSA) is 36.7 Å². The number of furan rings is 1. The minimum Gasteiger partial charge on any atom is -0.459 e. The largest absolute Gasteiger partial charge is 0.459 e. The van der Waals surface area contributed by atoms with Crippen LogP contribution in [-0.4, -0.2) is 47.9 Å². The maximum atomic E-state index is 12.7. The van der Waals surface area contributed by atoms with E-state index in [0.29, 0.717) is 11.8 Å². The van der Waals surface area contributed by atoms with E-state index in [9.17, 15) is 4.79 Å². The van der Waals surface area contributed by atoms with Gasteiger partial charge in [-0.05, 0) is 41.3 Å². The maximum absolute atomic E-state index is 12.7. The zero-order valence-corrected chi connectivity index (χ0v) is 12.6. The summed E-state index contributed by atoms with van der Waals surface area (Å²) in [5.41, 5.74) is 2.10. The molecule has 4 nitrogen and oxygen atoms in total. The number of nitrogens with zero attached hydrogens (tertiary/aromatic N) is 2. The summed E-state index contributed by atoms with van der Waals surface area (Å²) in [6.45, 7) is 4.04. The van der Waals surface area contributed by atoms with Gasteiger partial charge in [-0.3, -0.25) is 4.79 Å². The average molecular weight is 302 g/mol. The number of piperidine rings is 1. The Hall–Kier alpha value is -1.59. The van der Waals surface area contributed by atoms with E-state index in [-0.39, 0.29) is 5.91 Å². The Morgan fingerprint density at radius 2 is 2.05 bits per heavy atom. The van der Waals surface area contributed by atoms with E-state index in [1.165, 1.54) is 0 Å². The van der Waals surface area contributed by atoms with Crippen LogP contribution in [0.5, 0.6) is 0 Å². The summed E-state index contributed by atoms with van der Waals surface area (Å²) in [5, 5.41) is 4.10. The molecule has 5 rings (SSSR count). The SMILES string of the molecule is O=C(c1cc(-c2ccsc2)co1)N1CCN2CCC1CC2. The summed E-state index contributed by atoms with van der Waals surface area (Å²) in [7, 11) is 0. The Morgan fingerprint density at radius 3 is 2.81 bits per heavy atom. The fourth-order valence-electron chi connectivity index (χ4n) is 3.32. The normalized spacial score (nSPS) is 25.0. The van der Waals surface area contributed by atoms with Gasteiger partial charge in [0.25, 0.3) is 5.91 Å². The van der Waals surface area contributed by atoms with Gasteiger partial charge in [0.15, 0.2) is 5.76 Å². The van der Waals surface area contributed by atoms with Crippen molar-refractivity contribution in [2.75, 3.05) is 26.2 Å². The van der Waals surface area contributed by atoms with E-state index in [1.807, 2.05) is 22.4 Å². The first kappa shape index (κ1) is 13.1. The van der Waals surface area contributed by atoms with Crippen LogP contribution in [0.2, 0.25) is 0 Å². The van der Waals surface area contributed by atoms with Gasteiger partial charge < -0.3 is 14.2 Å². The number of hydrogen-bond acceptors (Lipinski definition) is 4. The van der Waals surface area contributed by atoms with Crippen molar-refractivity contribution in [3.63, 3.8) is 0 Å². The molecule has 1 amide bonds. The van der Waals surface area contributed by atoms with Gasteiger partial charge in [0.05, 0.1) is 6.26 Å². The van der Waals surface area contributed by atoms with Crippen LogP contribution in [0, 0.1) is 0 Å². The van der Waals surface area contributed by atoms with Crippen LogP contribution in [0.1, 0.15) is 23.4 Å². The van der Waals surface area contributed by atoms with Crippen molar-refractivity contribution in [3.05, 3.63) is 34.9 Å². The van der Waals surface area contributed by atoms with Crippen LogP contribution < -0.4 is 0 Å². The van der Waals surface area contributed by atoms with Crippen molar-refractivity contribution in [1.29, 1.82) is 0 Å². The highest BCUT2D eigenvalue weighted by atomic mass is 32.1. The van der Waals surface area contributed by atoms with E-state index in [2.05, 4.69) is 10.3 Å². The summed E-state index contributed by atoms with van der Waals surface area (Å²) in [6.07, 6.45) is 3.86. The lowest BCUT2D eigenvalue weighted by molar-refractivity contribution is 0.0652. The Labute approximate surface area is 128 Å². The number of amides is 1. The molecule has 110 valence electrons. The van der Waals surface area contributed by atoms with Gasteiger partial charge in [-0.1, -0.05) is 0 Å². The van der Waals surface area contributed by atoms with Crippen LogP contribution in [-0.2, 0) is 0 Å². The van der Waals surface area contributed by atoms with Gasteiger partial charge in [-0.2, -0.15) is 11.3 Å². The zero-order chi connectivity index (χ0) is 14.2. The smallest absolute Gasteiger partial charge is 0.289 e. The van der Waals surface area contributed by atoms with Gasteiger partial charge in [-0.25, -0.2) is 0 Å². The molecule has 0 aliphatic carbocycles. The van der Waals surface area contributed by atoms with Gasteiger partial charge in [-0.15, -0.1) is 0 Å². The predicted octanol–water partition coefficient (Wildman–Crippen LogP) is 2.93. The van der Waals surface area contributed by atoms with Crippen LogP contribution in [0.15, 0.2) is 33.6 Å². The van der Waals surface area contributed by atoms with Crippen molar-refractivity contribution >= 4 is 17.2 Å². The third-order valence-corrected chi connectivity index (χ3v) is 5.26. The zero-order valence-electron chi connectivity index (χ0n) is 11.8. The van der Waals surface area contributed by atoms with Crippen LogP contribution in [0.3, 0.4) is 0 Å². The minimum absolute atomic E-state index is 0.0465. The fourth-order valence-corrected chi connectivity index (χ4v) is 3.99. The third kappa shape index (κ3) is 2.40. The second kappa shape index (κ2) is 5.31. The molecular formula is C16H18N2O2S. The van der Waals surface area contributed by atoms with E-state index in [1.54, 1.807) is 17.6 Å². The highest BCUT2D eigenvalue weighted by Crippen LogP contribution is 2.27. The molecule has 5 heterocycles. The molecule has 3 aliphatic heterocycles. The third-order valence-electron chi connectivity index (χ3n) is 4.58. The van der Waals surface area contributed by atoms with Crippen LogP contribution in [0.4, 0.5) is 0 Å². The Kier molecular flexibility index (Phi) is 3.31. The lowest BCUT2D eigenvalue weighted by Crippen LogP contribution is -2.41. The average Bonchev–Trinajstić information content (AvgIpc) is 3.12. The summed E-state index contributed by atoms with van der Waals surface area (Å²) >= 11 is 1.65. The molecule has 0 saturated carbocycles. The first-order valence-corrected chi connectivity index (χ1v) is 8.40. The first-order chi connectivity index (χ1) is 10.3. The molecule has 3 aliphatic rings. The van der Waals surface area contributed by atoms with Crippen molar-refractivity contribution in [3.8, 4) is 11.1 Å². The second-order valence-electron chi connectivity index (χ2n) is 5.78. The van der Waals surface area contributed by atoms with Gasteiger partial charge >= 0.3 is 0 Å². The summed E-state index contributed by atoms with van der Waals surface area (Å²) < 4.78 is 5.55. The first-order valence-electron chi connectivity index (χ1n) is 7.46. The number of carbonyl (C=O) groups is 1. The number of fused-ring (bicyclic) bond motifs is 4. The molecule has 2 aromatic rings. The highest BCUT2D eigenvalue weighted by molar-refractivity contribution is 7.08. The van der Waals surface area contributed by atoms with E-state index in [4.69, 9.17) is 4.42 Å². The molecule has 0 radical (unpaired) electrons. The van der Waals surface area contributed by atoms with Crippen molar-refractivity contribution < 1.29 is 9.21 Å². The van der Waals surface area contributed by atoms with E-state index in [0.717, 1.165) is 50.1 Å². The summed E-state index contributed by atoms with van der Waals surface area (Å²) in [5.74, 6) is 0.516. The lowest BCUT2D eigenvalue weighted by Gasteiger charge is -2.30. The molecule has 0 unspecified atom stereocenters. The van der Waals surface area contributed by atoms with Gasteiger partial charge in [0.1, 0.15) is 0 Å². The van der Waals surface area contributed by atoms with E-state index < -0.39 is 0 Å². The Balaban J connectivity index is 1.57. The quantitative estimate of drug-likeness (QED) is 0.856. The summed E-state index contributed by atoms with van der Waals surface area (Å²) in [4.78, 5) is 17.2. The van der Waals surface area contributed by atoms with Crippen molar-refractivity contribution in [2.24, 2.45) is 0 Å². The highest BCUT2D eigenvalue weighted by Gasteiger charge is 2.33. The Bertz CT molecular complexity index is 627. The Morgan fingerprint density at radius 1 is 1.19 bits per heavy atom. The number of thiophene rings is 1. The number of rotatable bonds is 2. The van der Waals surface area contributed by atoms with Gasteiger partial charge in [0.2, 0.25) is 0 Å². The molecule has 5 heteroatoms. The van der Waals surface area contributed by atoms with E-state index >= 15 is 0 Å². The van der Waals surface area contributed by atoms with Crippen molar-refractivity contribution in [2.45, 2.75) is 18.9 Å². The van der Waals surface area contributed by atoms with Crippen LogP contribution >= 0.6 is 11.3 Å². The summed E-state index contributed by atoms with van der Waals surface area (Å²) in [6, 6.07) is 4.30. The molecule has 2 aromatic heterocycles. The molecule has 21 heavy (non-hydrogen) atoms. The molecule has 3 saturated heterocycles. The molecule has 0 N–H and O–H groups in total. The monoisotopic (exact) mass is 302 g/mol. The molecule has 0 atom stereocenters. The fraction of sp³-hybridized carbons (Fsp3) is 0.438.